The lowest BCUT2D eigenvalue weighted by molar-refractivity contribution is -0.373. The number of aliphatic imine (C=N–C) groups is 1. The second-order valence-corrected chi connectivity index (χ2v) is 6.13. The molecular formula is C13H21NO11S. The predicted molar refractivity (Wildman–Crippen MR) is 82.6 cm³/mol. The number of aliphatic hydroxyl groups excluding tert-OH is 8. The van der Waals surface area contributed by atoms with E-state index in [0.29, 0.717) is 0 Å². The van der Waals surface area contributed by atoms with Crippen LogP contribution in [0, 0.1) is 0 Å². The van der Waals surface area contributed by atoms with Crippen molar-refractivity contribution in [3.63, 3.8) is 0 Å². The molecule has 0 aliphatic carbocycles. The van der Waals surface area contributed by atoms with Gasteiger partial charge in [0.2, 0.25) is 5.72 Å². The Labute approximate surface area is 152 Å². The topological polar surface area (TPSA) is 202 Å². The zero-order chi connectivity index (χ0) is 19.6. The van der Waals surface area contributed by atoms with E-state index in [9.17, 15) is 40.9 Å². The van der Waals surface area contributed by atoms with E-state index in [1.165, 1.54) is 0 Å². The Morgan fingerprint density at radius 2 is 1.65 bits per heavy atom. The third kappa shape index (κ3) is 3.81. The molecule has 0 aromatic carbocycles. The van der Waals surface area contributed by atoms with E-state index >= 15 is 0 Å². The van der Waals surface area contributed by atoms with Crippen molar-refractivity contribution in [2.75, 3.05) is 13.2 Å². The Kier molecular flexibility index (Phi) is 7.15. The molecular weight excluding hydrogens is 378 g/mol. The molecule has 0 unspecified atom stereocenters. The molecule has 0 amide bonds. The molecule has 13 heteroatoms. The number of hydrogen-bond acceptors (Lipinski definition) is 13. The van der Waals surface area contributed by atoms with Crippen LogP contribution >= 0.6 is 12.2 Å². The lowest BCUT2D eigenvalue weighted by atomic mass is 9.93. The maximum Gasteiger partial charge on any atom is 0.222 e. The fourth-order valence-electron chi connectivity index (χ4n) is 2.79. The fourth-order valence-corrected chi connectivity index (χ4v) is 2.94. The van der Waals surface area contributed by atoms with E-state index in [2.05, 4.69) is 17.2 Å². The third-order valence-electron chi connectivity index (χ3n) is 4.33. The summed E-state index contributed by atoms with van der Waals surface area (Å²) in [5.74, 6) is 0. The lowest BCUT2D eigenvalue weighted by Crippen LogP contribution is -2.68. The molecule has 8 N–H and O–H groups in total. The predicted octanol–water partition coefficient (Wildman–Crippen LogP) is -4.97. The van der Waals surface area contributed by atoms with Crippen LogP contribution < -0.4 is 0 Å². The van der Waals surface area contributed by atoms with E-state index in [-0.39, 0.29) is 0 Å². The van der Waals surface area contributed by atoms with Gasteiger partial charge in [-0.15, -0.1) is 0 Å². The van der Waals surface area contributed by atoms with Crippen molar-refractivity contribution in [2.24, 2.45) is 4.99 Å². The Hall–Kier alpha value is -0.640. The molecule has 12 nitrogen and oxygen atoms in total. The van der Waals surface area contributed by atoms with Crippen LogP contribution in [-0.4, -0.2) is 120 Å². The Morgan fingerprint density at radius 3 is 2.19 bits per heavy atom. The first-order valence-corrected chi connectivity index (χ1v) is 8.01. The Bertz CT molecular complexity index is 532. The summed E-state index contributed by atoms with van der Waals surface area (Å²) in [6.07, 6.45) is -15.6. The lowest BCUT2D eigenvalue weighted by Gasteiger charge is -2.47. The third-order valence-corrected chi connectivity index (χ3v) is 4.42. The molecule has 0 spiro atoms. The van der Waals surface area contributed by atoms with Crippen LogP contribution in [-0.2, 0) is 14.2 Å². The largest absolute Gasteiger partial charge is 0.394 e. The zero-order valence-electron chi connectivity index (χ0n) is 13.3. The molecule has 2 fully saturated rings. The molecule has 0 radical (unpaired) electrons. The van der Waals surface area contributed by atoms with E-state index in [0.717, 1.165) is 0 Å². The summed E-state index contributed by atoms with van der Waals surface area (Å²) in [5, 5.41) is 80.0. The van der Waals surface area contributed by atoms with Crippen LogP contribution in [0.1, 0.15) is 0 Å². The summed E-state index contributed by atoms with van der Waals surface area (Å²) in [5.41, 5.74) is -2.20. The van der Waals surface area contributed by atoms with Crippen LogP contribution in [0.15, 0.2) is 4.99 Å². The van der Waals surface area contributed by atoms with Gasteiger partial charge in [0.25, 0.3) is 0 Å². The van der Waals surface area contributed by atoms with Gasteiger partial charge < -0.3 is 55.1 Å². The van der Waals surface area contributed by atoms with E-state index < -0.39 is 74.2 Å². The fraction of sp³-hybridized carbons (Fsp3) is 0.923. The molecule has 0 bridgehead atoms. The van der Waals surface area contributed by atoms with Crippen LogP contribution in [0.25, 0.3) is 0 Å². The highest BCUT2D eigenvalue weighted by molar-refractivity contribution is 7.78. The molecule has 0 aromatic rings. The Balaban J connectivity index is 2.27. The van der Waals surface area contributed by atoms with Gasteiger partial charge in [0, 0.05) is 0 Å². The van der Waals surface area contributed by atoms with Gasteiger partial charge in [-0.2, -0.15) is 4.99 Å². The summed E-state index contributed by atoms with van der Waals surface area (Å²) in [6.45, 7) is -1.70. The number of aliphatic hydroxyl groups is 8. The molecule has 150 valence electrons. The quantitative estimate of drug-likeness (QED) is 0.162. The van der Waals surface area contributed by atoms with Gasteiger partial charge >= 0.3 is 0 Å². The van der Waals surface area contributed by atoms with Gasteiger partial charge in [0.15, 0.2) is 12.6 Å². The highest BCUT2D eigenvalue weighted by Crippen LogP contribution is 2.34. The summed E-state index contributed by atoms with van der Waals surface area (Å²) in [6, 6.07) is 0. The summed E-state index contributed by atoms with van der Waals surface area (Å²) in [4.78, 5) is 3.49. The second-order valence-electron chi connectivity index (χ2n) is 5.95. The van der Waals surface area contributed by atoms with Gasteiger partial charge in [-0.1, -0.05) is 0 Å². The molecule has 0 saturated carbocycles. The van der Waals surface area contributed by atoms with Crippen molar-refractivity contribution >= 4 is 17.4 Å². The van der Waals surface area contributed by atoms with Crippen molar-refractivity contribution < 1.29 is 55.1 Å². The highest BCUT2D eigenvalue weighted by atomic mass is 32.1. The molecule has 2 aliphatic heterocycles. The molecule has 2 heterocycles. The van der Waals surface area contributed by atoms with Crippen LogP contribution in [0.3, 0.4) is 0 Å². The second kappa shape index (κ2) is 8.58. The summed E-state index contributed by atoms with van der Waals surface area (Å²) < 4.78 is 15.5. The van der Waals surface area contributed by atoms with Crippen LogP contribution in [0.5, 0.6) is 0 Å². The highest BCUT2D eigenvalue weighted by Gasteiger charge is 2.56. The van der Waals surface area contributed by atoms with Gasteiger partial charge in [0.05, 0.1) is 18.4 Å². The minimum atomic E-state index is -2.20. The number of hydrogen-bond donors (Lipinski definition) is 8. The molecule has 2 aliphatic rings. The van der Waals surface area contributed by atoms with Gasteiger partial charge in [0.1, 0.15) is 42.7 Å². The molecule has 26 heavy (non-hydrogen) atoms. The monoisotopic (exact) mass is 399 g/mol. The number of ether oxygens (including phenoxy) is 3. The first-order valence-electron chi connectivity index (χ1n) is 7.60. The molecule has 2 rings (SSSR count). The number of thiocarbonyl (C=S) groups is 1. The zero-order valence-corrected chi connectivity index (χ0v) is 14.1. The smallest absolute Gasteiger partial charge is 0.222 e. The van der Waals surface area contributed by atoms with Crippen molar-refractivity contribution in [1.29, 1.82) is 0 Å². The SMILES string of the molecule is OC[C@H]1O[C@@H](O)[C@H](O)[C@@H](O)[C@@H]1O[C@H]1O[C@@](CO)(N=C=S)[C@H](O)[C@H](O)[C@H]1O. The standard InChI is InChI=1S/C13H21NO11S/c15-1-4-9(5(17)7(19)11(22)23-4)24-12-8(20)6(18)10(21)13(2-16,25-12)14-3-26/h4-12,15-22H,1-2H2/t4-,5-,6-,7-,8-,9-,10-,11-,12+,13-/m1/s1. The maximum atomic E-state index is 10.1. The van der Waals surface area contributed by atoms with Gasteiger partial charge in [-0.05, 0) is 12.2 Å². The van der Waals surface area contributed by atoms with Crippen molar-refractivity contribution in [2.45, 2.75) is 61.0 Å². The first-order chi connectivity index (χ1) is 12.2. The summed E-state index contributed by atoms with van der Waals surface area (Å²) >= 11 is 4.42. The number of nitrogens with zero attached hydrogens (tertiary/aromatic N) is 1. The summed E-state index contributed by atoms with van der Waals surface area (Å²) in [7, 11) is 0. The minimum absolute atomic E-state index is 0.733. The first kappa shape index (κ1) is 21.7. The Morgan fingerprint density at radius 1 is 1.00 bits per heavy atom. The van der Waals surface area contributed by atoms with Gasteiger partial charge in [-0.3, -0.25) is 0 Å². The molecule has 10 atom stereocenters. The molecule has 2 saturated heterocycles. The normalized spacial score (nSPS) is 49.5. The van der Waals surface area contributed by atoms with E-state index in [4.69, 9.17) is 14.2 Å². The average Bonchev–Trinajstić information content (AvgIpc) is 2.63. The number of isothiocyanates is 1. The molecule has 0 aromatic heterocycles. The van der Waals surface area contributed by atoms with Gasteiger partial charge in [-0.25, -0.2) is 0 Å². The van der Waals surface area contributed by atoms with Crippen LogP contribution in [0.2, 0.25) is 0 Å². The van der Waals surface area contributed by atoms with Crippen molar-refractivity contribution in [1.82, 2.24) is 0 Å². The van der Waals surface area contributed by atoms with E-state index in [1.54, 1.807) is 0 Å². The van der Waals surface area contributed by atoms with E-state index in [1.807, 2.05) is 5.16 Å². The average molecular weight is 399 g/mol. The van der Waals surface area contributed by atoms with Crippen molar-refractivity contribution in [3.8, 4) is 0 Å². The minimum Gasteiger partial charge on any atom is -0.394 e. The number of rotatable bonds is 5. The van der Waals surface area contributed by atoms with Crippen molar-refractivity contribution in [3.05, 3.63) is 0 Å². The van der Waals surface area contributed by atoms with Crippen LogP contribution in [0.4, 0.5) is 0 Å². The maximum absolute atomic E-state index is 10.1.